The Labute approximate surface area is 116 Å². The smallest absolute Gasteiger partial charge is 0.0771 e. The van der Waals surface area contributed by atoms with Crippen molar-refractivity contribution in [3.63, 3.8) is 0 Å². The molecule has 0 saturated heterocycles. The van der Waals surface area contributed by atoms with Gasteiger partial charge in [0.15, 0.2) is 0 Å². The quantitative estimate of drug-likeness (QED) is 0.870. The molecule has 0 bridgehead atoms. The largest absolute Gasteiger partial charge is 0.389 e. The Bertz CT molecular complexity index is 437. The molecule has 19 heavy (non-hydrogen) atoms. The fourth-order valence-corrected chi connectivity index (χ4v) is 3.74. The first-order valence-corrected chi connectivity index (χ1v) is 7.73. The molecule has 0 spiro atoms. The summed E-state index contributed by atoms with van der Waals surface area (Å²) in [5, 5.41) is 14.1. The van der Waals surface area contributed by atoms with Crippen LogP contribution in [-0.2, 0) is 0 Å². The summed E-state index contributed by atoms with van der Waals surface area (Å²) < 4.78 is 0. The van der Waals surface area contributed by atoms with Crippen LogP contribution in [0.2, 0.25) is 0 Å². The van der Waals surface area contributed by atoms with E-state index < -0.39 is 5.60 Å². The van der Waals surface area contributed by atoms with Gasteiger partial charge in [-0.15, -0.1) is 0 Å². The fraction of sp³-hybridized carbons (Fsp3) is 0.647. The molecule has 1 aromatic rings. The zero-order chi connectivity index (χ0) is 13.3. The van der Waals surface area contributed by atoms with E-state index in [2.05, 4.69) is 36.5 Å². The van der Waals surface area contributed by atoms with Crippen LogP contribution in [0.5, 0.6) is 0 Å². The summed E-state index contributed by atoms with van der Waals surface area (Å²) >= 11 is 0. The summed E-state index contributed by atoms with van der Waals surface area (Å²) in [5.74, 6) is 0.670. The average Bonchev–Trinajstić information content (AvgIpc) is 2.86. The predicted octanol–water partition coefficient (Wildman–Crippen LogP) is 3.52. The molecule has 0 aliphatic heterocycles. The molecular formula is C17H25NO. The van der Waals surface area contributed by atoms with E-state index in [1.165, 1.54) is 36.8 Å². The molecule has 2 unspecified atom stereocenters. The molecule has 2 nitrogen and oxygen atoms in total. The van der Waals surface area contributed by atoms with Gasteiger partial charge in [0.05, 0.1) is 5.60 Å². The molecule has 0 aromatic heterocycles. The summed E-state index contributed by atoms with van der Waals surface area (Å²) in [7, 11) is 0. The van der Waals surface area contributed by atoms with Gasteiger partial charge in [0.25, 0.3) is 0 Å². The van der Waals surface area contributed by atoms with Crippen molar-refractivity contribution in [1.82, 2.24) is 5.32 Å². The molecule has 2 aliphatic carbocycles. The van der Waals surface area contributed by atoms with Crippen LogP contribution in [0.4, 0.5) is 0 Å². The lowest BCUT2D eigenvalue weighted by Crippen LogP contribution is -2.40. The summed E-state index contributed by atoms with van der Waals surface area (Å²) in [6.07, 6.45) is 6.71. The minimum Gasteiger partial charge on any atom is -0.389 e. The number of aliphatic hydroxyl groups is 1. The molecule has 0 radical (unpaired) electrons. The molecule has 1 saturated carbocycles. The maximum Gasteiger partial charge on any atom is 0.0771 e. The van der Waals surface area contributed by atoms with Gasteiger partial charge in [-0.3, -0.25) is 0 Å². The van der Waals surface area contributed by atoms with Gasteiger partial charge in [-0.1, -0.05) is 44.0 Å². The summed E-state index contributed by atoms with van der Waals surface area (Å²) in [6.45, 7) is 3.07. The maximum absolute atomic E-state index is 10.5. The molecule has 2 atom stereocenters. The molecule has 0 heterocycles. The van der Waals surface area contributed by atoms with E-state index in [0.717, 1.165) is 19.4 Å². The van der Waals surface area contributed by atoms with Crippen molar-refractivity contribution >= 4 is 0 Å². The number of rotatable bonds is 3. The zero-order valence-electron chi connectivity index (χ0n) is 11.9. The highest BCUT2D eigenvalue weighted by Crippen LogP contribution is 2.37. The van der Waals surface area contributed by atoms with Gasteiger partial charge in [-0.25, -0.2) is 0 Å². The second-order valence-corrected chi connectivity index (χ2v) is 6.47. The molecule has 2 heteroatoms. The Morgan fingerprint density at radius 3 is 2.58 bits per heavy atom. The number of hydrogen-bond acceptors (Lipinski definition) is 2. The Morgan fingerprint density at radius 2 is 1.84 bits per heavy atom. The first-order valence-electron chi connectivity index (χ1n) is 7.73. The van der Waals surface area contributed by atoms with Crippen molar-refractivity contribution in [2.75, 3.05) is 6.54 Å². The molecule has 104 valence electrons. The van der Waals surface area contributed by atoms with Gasteiger partial charge >= 0.3 is 0 Å². The van der Waals surface area contributed by atoms with Gasteiger partial charge in [0.1, 0.15) is 0 Å². The van der Waals surface area contributed by atoms with E-state index in [1.54, 1.807) is 0 Å². The second kappa shape index (κ2) is 5.26. The Balaban J connectivity index is 1.70. The third kappa shape index (κ3) is 2.70. The first kappa shape index (κ1) is 13.1. The van der Waals surface area contributed by atoms with Gasteiger partial charge in [-0.2, -0.15) is 0 Å². The van der Waals surface area contributed by atoms with E-state index in [-0.39, 0.29) is 0 Å². The van der Waals surface area contributed by atoms with Crippen LogP contribution >= 0.6 is 0 Å². The standard InChI is InChI=1S/C17H25NO/c1-13-8-9-16(15-7-3-2-6-14(13)15)18-12-17(19)10-4-5-11-17/h2-3,6-7,13,16,18-19H,4-5,8-12H2,1H3. The van der Waals surface area contributed by atoms with Crippen LogP contribution in [0.3, 0.4) is 0 Å². The summed E-state index contributed by atoms with van der Waals surface area (Å²) in [5.41, 5.74) is 2.49. The molecule has 1 fully saturated rings. The fourth-order valence-electron chi connectivity index (χ4n) is 3.74. The average molecular weight is 259 g/mol. The van der Waals surface area contributed by atoms with Crippen molar-refractivity contribution in [3.8, 4) is 0 Å². The molecule has 2 aliphatic rings. The van der Waals surface area contributed by atoms with Crippen LogP contribution in [0.25, 0.3) is 0 Å². The van der Waals surface area contributed by atoms with Crippen LogP contribution in [-0.4, -0.2) is 17.3 Å². The van der Waals surface area contributed by atoms with E-state index in [4.69, 9.17) is 0 Å². The third-order valence-electron chi connectivity index (χ3n) is 5.00. The van der Waals surface area contributed by atoms with E-state index in [9.17, 15) is 5.11 Å². The Kier molecular flexibility index (Phi) is 3.64. The lowest BCUT2D eigenvalue weighted by Gasteiger charge is -2.33. The van der Waals surface area contributed by atoms with Gasteiger partial charge in [-0.05, 0) is 42.7 Å². The van der Waals surface area contributed by atoms with Gasteiger partial charge < -0.3 is 10.4 Å². The van der Waals surface area contributed by atoms with Crippen LogP contribution < -0.4 is 5.32 Å². The predicted molar refractivity (Wildman–Crippen MR) is 78.3 cm³/mol. The summed E-state index contributed by atoms with van der Waals surface area (Å²) in [6, 6.07) is 9.22. The Hall–Kier alpha value is -0.860. The summed E-state index contributed by atoms with van der Waals surface area (Å²) in [4.78, 5) is 0. The van der Waals surface area contributed by atoms with Gasteiger partial charge in [0.2, 0.25) is 0 Å². The number of fused-ring (bicyclic) bond motifs is 1. The highest BCUT2D eigenvalue weighted by Gasteiger charge is 2.32. The lowest BCUT2D eigenvalue weighted by molar-refractivity contribution is 0.0440. The number of hydrogen-bond donors (Lipinski definition) is 2. The molecule has 3 rings (SSSR count). The van der Waals surface area contributed by atoms with Crippen molar-refractivity contribution < 1.29 is 5.11 Å². The first-order chi connectivity index (χ1) is 9.18. The normalized spacial score (nSPS) is 29.2. The van der Waals surface area contributed by atoms with Crippen molar-refractivity contribution in [1.29, 1.82) is 0 Å². The van der Waals surface area contributed by atoms with Crippen LogP contribution in [0, 0.1) is 0 Å². The topological polar surface area (TPSA) is 32.3 Å². The third-order valence-corrected chi connectivity index (χ3v) is 5.00. The van der Waals surface area contributed by atoms with E-state index >= 15 is 0 Å². The second-order valence-electron chi connectivity index (χ2n) is 6.47. The Morgan fingerprint density at radius 1 is 1.16 bits per heavy atom. The highest BCUT2D eigenvalue weighted by molar-refractivity contribution is 5.34. The van der Waals surface area contributed by atoms with Crippen molar-refractivity contribution in [3.05, 3.63) is 35.4 Å². The minimum atomic E-state index is -0.446. The van der Waals surface area contributed by atoms with Crippen LogP contribution in [0.1, 0.15) is 68.5 Å². The minimum absolute atomic E-state index is 0.428. The number of benzene rings is 1. The van der Waals surface area contributed by atoms with Gasteiger partial charge in [0, 0.05) is 12.6 Å². The molecule has 2 N–H and O–H groups in total. The maximum atomic E-state index is 10.5. The van der Waals surface area contributed by atoms with Crippen molar-refractivity contribution in [2.24, 2.45) is 0 Å². The SMILES string of the molecule is CC1CCC(NCC2(O)CCCC2)c2ccccc21. The monoisotopic (exact) mass is 259 g/mol. The van der Waals surface area contributed by atoms with Crippen LogP contribution in [0.15, 0.2) is 24.3 Å². The molecule has 0 amide bonds. The van der Waals surface area contributed by atoms with E-state index in [1.807, 2.05) is 0 Å². The molecular weight excluding hydrogens is 234 g/mol. The number of nitrogens with one attached hydrogen (secondary N) is 1. The lowest BCUT2D eigenvalue weighted by atomic mass is 9.81. The highest BCUT2D eigenvalue weighted by atomic mass is 16.3. The molecule has 1 aromatic carbocycles. The van der Waals surface area contributed by atoms with E-state index in [0.29, 0.717) is 12.0 Å². The zero-order valence-corrected chi connectivity index (χ0v) is 11.9. The van der Waals surface area contributed by atoms with Crippen molar-refractivity contribution in [2.45, 2.75) is 63.0 Å².